The zero-order valence-electron chi connectivity index (χ0n) is 10.1. The third-order valence-corrected chi connectivity index (χ3v) is 3.20. The van der Waals surface area contributed by atoms with E-state index in [1.54, 1.807) is 0 Å². The highest BCUT2D eigenvalue weighted by Crippen LogP contribution is 2.25. The van der Waals surface area contributed by atoms with E-state index in [1.807, 2.05) is 30.3 Å². The van der Waals surface area contributed by atoms with Gasteiger partial charge in [0.2, 0.25) is 0 Å². The van der Waals surface area contributed by atoms with Crippen LogP contribution in [0.1, 0.15) is 12.0 Å². The highest BCUT2D eigenvalue weighted by Gasteiger charge is 2.09. The molecule has 0 aliphatic heterocycles. The molecule has 0 amide bonds. The lowest BCUT2D eigenvalue weighted by molar-refractivity contribution is -0.134. The summed E-state index contributed by atoms with van der Waals surface area (Å²) in [6.45, 7) is 0. The fourth-order valence-electron chi connectivity index (χ4n) is 1.62. The normalized spacial score (nSPS) is 10.2. The monoisotopic (exact) mass is 322 g/mol. The summed E-state index contributed by atoms with van der Waals surface area (Å²) >= 11 is 3.15. The minimum Gasteiger partial charge on any atom is -0.425 e. The molecule has 19 heavy (non-hydrogen) atoms. The molecule has 0 aliphatic rings. The maximum Gasteiger partial charge on any atom is 0.311 e. The number of carbonyl (C=O) groups is 1. The van der Waals surface area contributed by atoms with Crippen molar-refractivity contribution in [1.82, 2.24) is 0 Å². The van der Waals surface area contributed by atoms with E-state index in [4.69, 9.17) is 4.74 Å². The number of rotatable bonds is 4. The Morgan fingerprint density at radius 1 is 1.16 bits per heavy atom. The van der Waals surface area contributed by atoms with Gasteiger partial charge in [-0.3, -0.25) is 4.79 Å². The molecule has 98 valence electrons. The van der Waals surface area contributed by atoms with Gasteiger partial charge in [-0.2, -0.15) is 0 Å². The van der Waals surface area contributed by atoms with Gasteiger partial charge < -0.3 is 4.74 Å². The van der Waals surface area contributed by atoms with Crippen LogP contribution in [0.2, 0.25) is 0 Å². The molecule has 0 saturated carbocycles. The number of hydrogen-bond acceptors (Lipinski definition) is 2. The number of halogens is 2. The standard InChI is InChI=1S/C15H12BrFO2/c16-13-10-12(17)7-8-14(13)19-15(18)9-6-11-4-2-1-3-5-11/h1-5,7-8,10H,6,9H2. The van der Waals surface area contributed by atoms with Crippen LogP contribution in [-0.4, -0.2) is 5.97 Å². The Morgan fingerprint density at radius 3 is 2.58 bits per heavy atom. The molecular formula is C15H12BrFO2. The molecule has 0 aromatic heterocycles. The van der Waals surface area contributed by atoms with Crippen molar-refractivity contribution >= 4 is 21.9 Å². The van der Waals surface area contributed by atoms with E-state index < -0.39 is 0 Å². The van der Waals surface area contributed by atoms with Crippen molar-refractivity contribution in [2.24, 2.45) is 0 Å². The van der Waals surface area contributed by atoms with E-state index in [1.165, 1.54) is 18.2 Å². The SMILES string of the molecule is O=C(CCc1ccccc1)Oc1ccc(F)cc1Br. The largest absolute Gasteiger partial charge is 0.425 e. The second-order valence-corrected chi connectivity index (χ2v) is 4.89. The summed E-state index contributed by atoms with van der Waals surface area (Å²) in [5.41, 5.74) is 1.08. The fraction of sp³-hybridized carbons (Fsp3) is 0.133. The van der Waals surface area contributed by atoms with E-state index in [-0.39, 0.29) is 18.2 Å². The van der Waals surface area contributed by atoms with Crippen LogP contribution in [0.15, 0.2) is 53.0 Å². The van der Waals surface area contributed by atoms with Gasteiger partial charge in [-0.05, 0) is 46.1 Å². The minimum absolute atomic E-state index is 0.286. The van der Waals surface area contributed by atoms with E-state index in [2.05, 4.69) is 15.9 Å². The zero-order chi connectivity index (χ0) is 13.7. The van der Waals surface area contributed by atoms with Gasteiger partial charge >= 0.3 is 5.97 Å². The molecule has 0 atom stereocenters. The highest BCUT2D eigenvalue weighted by atomic mass is 79.9. The summed E-state index contributed by atoms with van der Waals surface area (Å²) in [5.74, 6) is -0.383. The van der Waals surface area contributed by atoms with Gasteiger partial charge in [-0.25, -0.2) is 4.39 Å². The van der Waals surface area contributed by atoms with E-state index in [0.717, 1.165) is 5.56 Å². The Hall–Kier alpha value is -1.68. The number of ether oxygens (including phenoxy) is 1. The molecule has 2 aromatic rings. The molecule has 0 heterocycles. The van der Waals surface area contributed by atoms with Crippen molar-refractivity contribution in [3.8, 4) is 5.75 Å². The summed E-state index contributed by atoms with van der Waals surface area (Å²) in [6, 6.07) is 13.7. The first-order valence-electron chi connectivity index (χ1n) is 5.85. The molecule has 0 unspecified atom stereocenters. The smallest absolute Gasteiger partial charge is 0.311 e. The molecule has 4 heteroatoms. The molecule has 0 saturated heterocycles. The first kappa shape index (κ1) is 13.7. The van der Waals surface area contributed by atoms with Crippen molar-refractivity contribution in [3.05, 3.63) is 64.4 Å². The maximum absolute atomic E-state index is 12.9. The average molecular weight is 323 g/mol. The van der Waals surface area contributed by atoms with E-state index in [9.17, 15) is 9.18 Å². The molecule has 0 spiro atoms. The molecule has 0 fully saturated rings. The quantitative estimate of drug-likeness (QED) is 0.625. The summed E-state index contributed by atoms with van der Waals surface area (Å²) in [6.07, 6.45) is 0.909. The van der Waals surface area contributed by atoms with Crippen LogP contribution in [0.3, 0.4) is 0 Å². The lowest BCUT2D eigenvalue weighted by atomic mass is 10.1. The first-order chi connectivity index (χ1) is 9.15. The Labute approximate surface area is 119 Å². The third-order valence-electron chi connectivity index (χ3n) is 2.58. The number of hydrogen-bond donors (Lipinski definition) is 0. The van der Waals surface area contributed by atoms with Crippen LogP contribution in [0.5, 0.6) is 5.75 Å². The van der Waals surface area contributed by atoms with Gasteiger partial charge in [-0.15, -0.1) is 0 Å². The van der Waals surface area contributed by atoms with Gasteiger partial charge in [0.1, 0.15) is 11.6 Å². The second-order valence-electron chi connectivity index (χ2n) is 4.03. The molecule has 2 rings (SSSR count). The first-order valence-corrected chi connectivity index (χ1v) is 6.64. The Bertz CT molecular complexity index is 570. The number of aryl methyl sites for hydroxylation is 1. The number of carbonyl (C=O) groups excluding carboxylic acids is 1. The van der Waals surface area contributed by atoms with Crippen LogP contribution >= 0.6 is 15.9 Å². The molecule has 0 bridgehead atoms. The summed E-state index contributed by atoms with van der Waals surface area (Å²) in [7, 11) is 0. The van der Waals surface area contributed by atoms with Crippen molar-refractivity contribution in [2.75, 3.05) is 0 Å². The minimum atomic E-state index is -0.379. The lowest BCUT2D eigenvalue weighted by Gasteiger charge is -2.06. The summed E-state index contributed by atoms with van der Waals surface area (Å²) < 4.78 is 18.5. The van der Waals surface area contributed by atoms with Gasteiger partial charge in [-0.1, -0.05) is 30.3 Å². The van der Waals surface area contributed by atoms with Crippen LogP contribution in [0.25, 0.3) is 0 Å². The van der Waals surface area contributed by atoms with Gasteiger partial charge in [0, 0.05) is 6.42 Å². The lowest BCUT2D eigenvalue weighted by Crippen LogP contribution is -2.09. The topological polar surface area (TPSA) is 26.3 Å². The maximum atomic E-state index is 12.9. The van der Waals surface area contributed by atoms with Crippen molar-refractivity contribution in [1.29, 1.82) is 0 Å². The molecule has 2 aromatic carbocycles. The summed E-state index contributed by atoms with van der Waals surface area (Å²) in [5, 5.41) is 0. The van der Waals surface area contributed by atoms with Crippen LogP contribution in [0, 0.1) is 5.82 Å². The van der Waals surface area contributed by atoms with Crippen molar-refractivity contribution in [2.45, 2.75) is 12.8 Å². The molecular weight excluding hydrogens is 311 g/mol. The Balaban J connectivity index is 1.91. The Kier molecular flexibility index (Phi) is 4.68. The molecule has 0 aliphatic carbocycles. The van der Waals surface area contributed by atoms with Crippen LogP contribution in [-0.2, 0) is 11.2 Å². The number of esters is 1. The van der Waals surface area contributed by atoms with Gasteiger partial charge in [0.15, 0.2) is 0 Å². The van der Waals surface area contributed by atoms with Crippen LogP contribution in [0.4, 0.5) is 4.39 Å². The zero-order valence-corrected chi connectivity index (χ0v) is 11.7. The van der Waals surface area contributed by atoms with E-state index >= 15 is 0 Å². The van der Waals surface area contributed by atoms with Crippen LogP contribution < -0.4 is 4.74 Å². The molecule has 0 N–H and O–H groups in total. The van der Waals surface area contributed by atoms with Gasteiger partial charge in [0.25, 0.3) is 0 Å². The molecule has 0 radical (unpaired) electrons. The summed E-state index contributed by atoms with van der Waals surface area (Å²) in [4.78, 5) is 11.7. The number of benzene rings is 2. The fourth-order valence-corrected chi connectivity index (χ4v) is 2.05. The van der Waals surface area contributed by atoms with Crippen molar-refractivity contribution in [3.63, 3.8) is 0 Å². The third kappa shape index (κ3) is 4.17. The second kappa shape index (κ2) is 6.48. The predicted molar refractivity (Wildman–Crippen MR) is 74.5 cm³/mol. The molecule has 2 nitrogen and oxygen atoms in total. The Morgan fingerprint density at radius 2 is 1.89 bits per heavy atom. The van der Waals surface area contributed by atoms with Crippen molar-refractivity contribution < 1.29 is 13.9 Å². The average Bonchev–Trinajstić information content (AvgIpc) is 2.41. The van der Waals surface area contributed by atoms with E-state index in [0.29, 0.717) is 16.6 Å². The van der Waals surface area contributed by atoms with Gasteiger partial charge in [0.05, 0.1) is 4.47 Å². The highest BCUT2D eigenvalue weighted by molar-refractivity contribution is 9.10. The predicted octanol–water partition coefficient (Wildman–Crippen LogP) is 4.13.